The van der Waals surface area contributed by atoms with E-state index in [0.717, 1.165) is 17.4 Å². The van der Waals surface area contributed by atoms with Crippen LogP contribution in [0.25, 0.3) is 0 Å². The predicted octanol–water partition coefficient (Wildman–Crippen LogP) is 2.31. The lowest BCUT2D eigenvalue weighted by atomic mass is 9.93. The third kappa shape index (κ3) is 2.72. The van der Waals surface area contributed by atoms with Crippen molar-refractivity contribution in [2.75, 3.05) is 10.7 Å². The van der Waals surface area contributed by atoms with Crippen LogP contribution in [0.1, 0.15) is 38.8 Å². The Labute approximate surface area is 109 Å². The van der Waals surface area contributed by atoms with Crippen LogP contribution in [0.15, 0.2) is 6.07 Å². The zero-order valence-electron chi connectivity index (χ0n) is 11.4. The highest BCUT2D eigenvalue weighted by atomic mass is 15.3. The van der Waals surface area contributed by atoms with Crippen molar-refractivity contribution in [1.29, 1.82) is 0 Å². The zero-order chi connectivity index (χ0) is 13.1. The SMILES string of the molecule is CCC1CCC(Nc2cc(C)nc(NN)n2)C1C. The number of aryl methyl sites for hydroxylation is 1. The maximum atomic E-state index is 5.36. The number of anilines is 2. The summed E-state index contributed by atoms with van der Waals surface area (Å²) in [5.74, 6) is 8.22. The molecular weight excluding hydrogens is 226 g/mol. The first kappa shape index (κ1) is 13.1. The molecule has 4 N–H and O–H groups in total. The number of hydrazine groups is 1. The molecule has 1 aromatic heterocycles. The highest BCUT2D eigenvalue weighted by Crippen LogP contribution is 2.35. The molecule has 0 radical (unpaired) electrons. The number of nitrogen functional groups attached to an aromatic ring is 1. The lowest BCUT2D eigenvalue weighted by molar-refractivity contribution is 0.391. The minimum absolute atomic E-state index is 0.468. The van der Waals surface area contributed by atoms with Crippen LogP contribution in [0.5, 0.6) is 0 Å². The second-order valence-corrected chi connectivity index (χ2v) is 5.22. The van der Waals surface area contributed by atoms with Crippen LogP contribution in [0, 0.1) is 18.8 Å². The maximum Gasteiger partial charge on any atom is 0.239 e. The fourth-order valence-electron chi connectivity index (χ4n) is 2.92. The third-order valence-corrected chi connectivity index (χ3v) is 4.07. The van der Waals surface area contributed by atoms with Crippen molar-refractivity contribution in [3.8, 4) is 0 Å². The van der Waals surface area contributed by atoms with Gasteiger partial charge in [-0.15, -0.1) is 0 Å². The average molecular weight is 249 g/mol. The van der Waals surface area contributed by atoms with E-state index in [-0.39, 0.29) is 0 Å². The molecule has 3 unspecified atom stereocenters. The molecule has 5 heteroatoms. The summed E-state index contributed by atoms with van der Waals surface area (Å²) < 4.78 is 0. The maximum absolute atomic E-state index is 5.36. The van der Waals surface area contributed by atoms with Gasteiger partial charge in [0.25, 0.3) is 0 Å². The standard InChI is InChI=1S/C13H23N5/c1-4-10-5-6-11(9(10)3)16-12-7-8(2)15-13(17-12)18-14/h7,9-11H,4-6,14H2,1-3H3,(H2,15,16,17,18). The van der Waals surface area contributed by atoms with E-state index in [1.165, 1.54) is 19.3 Å². The van der Waals surface area contributed by atoms with Crippen LogP contribution in [-0.4, -0.2) is 16.0 Å². The molecule has 100 valence electrons. The molecule has 1 heterocycles. The molecule has 0 bridgehead atoms. The quantitative estimate of drug-likeness (QED) is 0.564. The third-order valence-electron chi connectivity index (χ3n) is 4.07. The monoisotopic (exact) mass is 249 g/mol. The Kier molecular flexibility index (Phi) is 4.01. The van der Waals surface area contributed by atoms with E-state index < -0.39 is 0 Å². The summed E-state index contributed by atoms with van der Waals surface area (Å²) in [6, 6.07) is 2.47. The summed E-state index contributed by atoms with van der Waals surface area (Å²) in [6.07, 6.45) is 3.78. The zero-order valence-corrected chi connectivity index (χ0v) is 11.4. The van der Waals surface area contributed by atoms with E-state index in [1.807, 2.05) is 13.0 Å². The molecular formula is C13H23N5. The lowest BCUT2D eigenvalue weighted by Gasteiger charge is -2.21. The van der Waals surface area contributed by atoms with Crippen molar-refractivity contribution in [2.45, 2.75) is 46.1 Å². The summed E-state index contributed by atoms with van der Waals surface area (Å²) >= 11 is 0. The first-order chi connectivity index (χ1) is 8.63. The van der Waals surface area contributed by atoms with Gasteiger partial charge in [-0.1, -0.05) is 20.3 Å². The van der Waals surface area contributed by atoms with Gasteiger partial charge in [0.2, 0.25) is 5.95 Å². The fourth-order valence-corrected chi connectivity index (χ4v) is 2.92. The van der Waals surface area contributed by atoms with Crippen molar-refractivity contribution in [3.05, 3.63) is 11.8 Å². The Morgan fingerprint density at radius 1 is 1.39 bits per heavy atom. The molecule has 1 fully saturated rings. The summed E-state index contributed by atoms with van der Waals surface area (Å²) in [5, 5.41) is 3.52. The van der Waals surface area contributed by atoms with E-state index in [0.29, 0.717) is 17.9 Å². The number of nitrogens with two attached hydrogens (primary N) is 1. The summed E-state index contributed by atoms with van der Waals surface area (Å²) in [5.41, 5.74) is 3.42. The molecule has 1 aliphatic rings. The van der Waals surface area contributed by atoms with Gasteiger partial charge in [-0.25, -0.2) is 10.8 Å². The van der Waals surface area contributed by atoms with Gasteiger partial charge in [0.1, 0.15) is 5.82 Å². The molecule has 3 atom stereocenters. The van der Waals surface area contributed by atoms with Crippen LogP contribution in [0.2, 0.25) is 0 Å². The van der Waals surface area contributed by atoms with Crippen molar-refractivity contribution in [2.24, 2.45) is 17.7 Å². The molecule has 1 aliphatic carbocycles. The smallest absolute Gasteiger partial charge is 0.239 e. The molecule has 0 saturated heterocycles. The molecule has 5 nitrogen and oxygen atoms in total. The van der Waals surface area contributed by atoms with Gasteiger partial charge in [0.05, 0.1) is 0 Å². The second-order valence-electron chi connectivity index (χ2n) is 5.22. The number of nitrogens with one attached hydrogen (secondary N) is 2. The molecule has 0 spiro atoms. The number of hydrogen-bond acceptors (Lipinski definition) is 5. The second kappa shape index (κ2) is 5.52. The summed E-state index contributed by atoms with van der Waals surface area (Å²) in [6.45, 7) is 6.55. The number of hydrogen-bond donors (Lipinski definition) is 3. The fraction of sp³-hybridized carbons (Fsp3) is 0.692. The van der Waals surface area contributed by atoms with E-state index >= 15 is 0 Å². The number of rotatable bonds is 4. The van der Waals surface area contributed by atoms with E-state index in [4.69, 9.17) is 5.84 Å². The highest BCUT2D eigenvalue weighted by molar-refractivity contribution is 5.42. The van der Waals surface area contributed by atoms with Crippen molar-refractivity contribution >= 4 is 11.8 Å². The van der Waals surface area contributed by atoms with Crippen LogP contribution in [-0.2, 0) is 0 Å². The average Bonchev–Trinajstić information content (AvgIpc) is 2.70. The van der Waals surface area contributed by atoms with Crippen molar-refractivity contribution in [3.63, 3.8) is 0 Å². The Morgan fingerprint density at radius 2 is 2.17 bits per heavy atom. The predicted molar refractivity (Wildman–Crippen MR) is 74.2 cm³/mol. The minimum atomic E-state index is 0.468. The Balaban J connectivity index is 2.08. The first-order valence-electron chi connectivity index (χ1n) is 6.72. The molecule has 0 aliphatic heterocycles. The first-order valence-corrected chi connectivity index (χ1v) is 6.72. The molecule has 1 aromatic rings. The Morgan fingerprint density at radius 3 is 2.78 bits per heavy atom. The van der Waals surface area contributed by atoms with Gasteiger partial charge >= 0.3 is 0 Å². The Bertz CT molecular complexity index is 406. The molecule has 18 heavy (non-hydrogen) atoms. The summed E-state index contributed by atoms with van der Waals surface area (Å²) in [7, 11) is 0. The largest absolute Gasteiger partial charge is 0.367 e. The number of nitrogens with zero attached hydrogens (tertiary/aromatic N) is 2. The van der Waals surface area contributed by atoms with E-state index in [9.17, 15) is 0 Å². The van der Waals surface area contributed by atoms with Crippen LogP contribution < -0.4 is 16.6 Å². The molecule has 0 amide bonds. The molecule has 0 aromatic carbocycles. The highest BCUT2D eigenvalue weighted by Gasteiger charge is 2.31. The minimum Gasteiger partial charge on any atom is -0.367 e. The molecule has 2 rings (SSSR count). The van der Waals surface area contributed by atoms with Crippen molar-refractivity contribution in [1.82, 2.24) is 9.97 Å². The molecule has 1 saturated carbocycles. The number of aromatic nitrogens is 2. The van der Waals surface area contributed by atoms with E-state index in [1.54, 1.807) is 0 Å². The van der Waals surface area contributed by atoms with Crippen LogP contribution in [0.3, 0.4) is 0 Å². The Hall–Kier alpha value is -1.36. The van der Waals surface area contributed by atoms with Gasteiger partial charge in [-0.05, 0) is 31.6 Å². The van der Waals surface area contributed by atoms with Crippen LogP contribution in [0.4, 0.5) is 11.8 Å². The van der Waals surface area contributed by atoms with Gasteiger partial charge in [-0.2, -0.15) is 4.98 Å². The van der Waals surface area contributed by atoms with Crippen molar-refractivity contribution < 1.29 is 0 Å². The van der Waals surface area contributed by atoms with Gasteiger partial charge in [0.15, 0.2) is 0 Å². The van der Waals surface area contributed by atoms with E-state index in [2.05, 4.69) is 34.6 Å². The van der Waals surface area contributed by atoms with Crippen LogP contribution >= 0.6 is 0 Å². The van der Waals surface area contributed by atoms with Gasteiger partial charge in [-0.3, -0.25) is 5.43 Å². The van der Waals surface area contributed by atoms with Gasteiger partial charge < -0.3 is 5.32 Å². The summed E-state index contributed by atoms with van der Waals surface area (Å²) in [4.78, 5) is 8.53. The van der Waals surface area contributed by atoms with Gasteiger partial charge in [0, 0.05) is 17.8 Å². The normalized spacial score (nSPS) is 27.2. The lowest BCUT2D eigenvalue weighted by Crippen LogP contribution is -2.25. The topological polar surface area (TPSA) is 75.9 Å².